The van der Waals surface area contributed by atoms with Gasteiger partial charge in [0.05, 0.1) is 21.2 Å². The molecule has 0 aromatic heterocycles. The van der Waals surface area contributed by atoms with Gasteiger partial charge in [-0.15, -0.1) is 0 Å². The van der Waals surface area contributed by atoms with Gasteiger partial charge in [0.25, 0.3) is 5.91 Å². The normalized spacial score (nSPS) is 11.1. The number of aryl methyl sites for hydroxylation is 1. The Kier molecular flexibility index (Phi) is 8.10. The van der Waals surface area contributed by atoms with E-state index < -0.39 is 5.91 Å². The summed E-state index contributed by atoms with van der Waals surface area (Å²) in [6.45, 7) is 4.37. The predicted molar refractivity (Wildman–Crippen MR) is 122 cm³/mol. The first-order valence-corrected chi connectivity index (χ1v) is 10.9. The van der Waals surface area contributed by atoms with E-state index in [1.165, 1.54) is 6.08 Å². The number of hydrogen-bond acceptors (Lipinski definition) is 3. The second-order valence-corrected chi connectivity index (χ2v) is 8.89. The number of hydrogen-bond donors (Lipinski definition) is 1. The molecule has 2 aromatic rings. The molecular formula is C19H14Br4N2O2. The number of anilines is 1. The highest BCUT2D eigenvalue weighted by Crippen LogP contribution is 2.36. The van der Waals surface area contributed by atoms with E-state index in [1.807, 2.05) is 32.0 Å². The maximum absolute atomic E-state index is 12.6. The number of rotatable bonds is 5. The molecule has 0 saturated carbocycles. The summed E-state index contributed by atoms with van der Waals surface area (Å²) in [5.74, 6) is 0.175. The van der Waals surface area contributed by atoms with Crippen LogP contribution >= 0.6 is 63.7 Å². The van der Waals surface area contributed by atoms with Crippen LogP contribution in [0.4, 0.5) is 5.69 Å². The number of carbonyl (C=O) groups excluding carboxylic acids is 1. The minimum atomic E-state index is -0.496. The fraction of sp³-hybridized carbons (Fsp3) is 0.158. The maximum atomic E-state index is 12.6. The Morgan fingerprint density at radius 2 is 1.67 bits per heavy atom. The fourth-order valence-electron chi connectivity index (χ4n) is 2.26. The highest BCUT2D eigenvalue weighted by molar-refractivity contribution is 9.11. The molecule has 8 heteroatoms. The molecule has 1 N–H and O–H groups in total. The Labute approximate surface area is 191 Å². The molecule has 140 valence electrons. The van der Waals surface area contributed by atoms with Crippen LogP contribution in [0.15, 0.2) is 47.7 Å². The molecule has 0 spiro atoms. The monoisotopic (exact) mass is 618 g/mol. The topological polar surface area (TPSA) is 62.1 Å². The average molecular weight is 622 g/mol. The van der Waals surface area contributed by atoms with Crippen LogP contribution < -0.4 is 10.1 Å². The zero-order valence-corrected chi connectivity index (χ0v) is 20.7. The minimum absolute atomic E-state index is 0.0164. The number of ether oxygens (including phenoxy) is 1. The summed E-state index contributed by atoms with van der Waals surface area (Å²) in [7, 11) is 0. The molecule has 0 radical (unpaired) electrons. The molecule has 0 saturated heterocycles. The molecule has 1 amide bonds. The number of nitrogens with zero attached hydrogens (tertiary/aromatic N) is 1. The number of nitrogens with one attached hydrogen (secondary N) is 1. The molecule has 0 aliphatic heterocycles. The molecule has 0 aliphatic carbocycles. The van der Waals surface area contributed by atoms with Crippen LogP contribution in [0.1, 0.15) is 18.1 Å². The van der Waals surface area contributed by atoms with Crippen molar-refractivity contribution in [2.75, 3.05) is 11.9 Å². The zero-order valence-electron chi connectivity index (χ0n) is 14.4. The van der Waals surface area contributed by atoms with Crippen LogP contribution in [-0.2, 0) is 4.79 Å². The van der Waals surface area contributed by atoms with Crippen molar-refractivity contribution in [1.82, 2.24) is 0 Å². The summed E-state index contributed by atoms with van der Waals surface area (Å²) in [5, 5.41) is 12.2. The number of benzene rings is 2. The standard InChI is InChI=1S/C19H14Br4N2O2/c1-3-27-18-15(22)7-11(8-16(18)23)6-12(9-24)19(26)25-17-13(20)4-10(2)5-14(17)21/h4-8H,3H2,1-2H3,(H,25,26)/b12-6+. The summed E-state index contributed by atoms with van der Waals surface area (Å²) in [5.41, 5.74) is 2.27. The van der Waals surface area contributed by atoms with Gasteiger partial charge in [-0.05, 0) is 119 Å². The third-order valence-corrected chi connectivity index (χ3v) is 5.84. The van der Waals surface area contributed by atoms with Crippen LogP contribution in [0, 0.1) is 18.3 Å². The number of amides is 1. The number of carbonyl (C=O) groups is 1. The molecule has 0 heterocycles. The van der Waals surface area contributed by atoms with Crippen molar-refractivity contribution in [3.8, 4) is 11.8 Å². The second kappa shape index (κ2) is 9.87. The Morgan fingerprint density at radius 1 is 1.11 bits per heavy atom. The van der Waals surface area contributed by atoms with Crippen LogP contribution in [0.3, 0.4) is 0 Å². The fourth-order valence-corrected chi connectivity index (χ4v) is 5.32. The molecule has 0 unspecified atom stereocenters. The summed E-state index contributed by atoms with van der Waals surface area (Å²) < 4.78 is 8.46. The number of nitriles is 1. The quantitative estimate of drug-likeness (QED) is 0.289. The van der Waals surface area contributed by atoms with Gasteiger partial charge >= 0.3 is 0 Å². The highest BCUT2D eigenvalue weighted by atomic mass is 79.9. The van der Waals surface area contributed by atoms with Crippen LogP contribution in [0.2, 0.25) is 0 Å². The minimum Gasteiger partial charge on any atom is -0.492 e. The van der Waals surface area contributed by atoms with E-state index in [9.17, 15) is 10.1 Å². The Balaban J connectivity index is 2.34. The first-order chi connectivity index (χ1) is 12.8. The predicted octanol–water partition coefficient (Wildman–Crippen LogP) is 6.99. The van der Waals surface area contributed by atoms with Crippen molar-refractivity contribution >= 4 is 81.4 Å². The van der Waals surface area contributed by atoms with E-state index in [4.69, 9.17) is 4.74 Å². The molecule has 0 atom stereocenters. The van der Waals surface area contributed by atoms with Crippen molar-refractivity contribution < 1.29 is 9.53 Å². The van der Waals surface area contributed by atoms with Gasteiger partial charge in [0, 0.05) is 8.95 Å². The molecule has 4 nitrogen and oxygen atoms in total. The van der Waals surface area contributed by atoms with E-state index in [2.05, 4.69) is 69.0 Å². The zero-order chi connectivity index (χ0) is 20.1. The highest BCUT2D eigenvalue weighted by Gasteiger charge is 2.15. The molecule has 27 heavy (non-hydrogen) atoms. The van der Waals surface area contributed by atoms with Gasteiger partial charge in [-0.3, -0.25) is 4.79 Å². The maximum Gasteiger partial charge on any atom is 0.266 e. The Bertz CT molecular complexity index is 919. The van der Waals surface area contributed by atoms with Gasteiger partial charge in [0.15, 0.2) is 0 Å². The van der Waals surface area contributed by atoms with Gasteiger partial charge in [0.2, 0.25) is 0 Å². The largest absolute Gasteiger partial charge is 0.492 e. The third-order valence-electron chi connectivity index (χ3n) is 3.41. The van der Waals surface area contributed by atoms with Crippen molar-refractivity contribution in [2.45, 2.75) is 13.8 Å². The van der Waals surface area contributed by atoms with E-state index >= 15 is 0 Å². The van der Waals surface area contributed by atoms with E-state index in [0.717, 1.165) is 23.5 Å². The van der Waals surface area contributed by atoms with Crippen molar-refractivity contribution in [3.63, 3.8) is 0 Å². The van der Waals surface area contributed by atoms with E-state index in [1.54, 1.807) is 12.1 Å². The van der Waals surface area contributed by atoms with E-state index in [-0.39, 0.29) is 5.57 Å². The van der Waals surface area contributed by atoms with E-state index in [0.29, 0.717) is 23.6 Å². The Hall–Kier alpha value is -1.14. The van der Waals surface area contributed by atoms with Crippen molar-refractivity contribution in [3.05, 3.63) is 58.9 Å². The smallest absolute Gasteiger partial charge is 0.266 e. The van der Waals surface area contributed by atoms with Gasteiger partial charge in [-0.2, -0.15) is 5.26 Å². The Morgan fingerprint density at radius 3 is 2.15 bits per heavy atom. The van der Waals surface area contributed by atoms with Gasteiger partial charge in [-0.25, -0.2) is 0 Å². The van der Waals surface area contributed by atoms with Gasteiger partial charge < -0.3 is 10.1 Å². The SMILES string of the molecule is CCOc1c(Br)cc(/C=C(\C#N)C(=O)Nc2c(Br)cc(C)cc2Br)cc1Br. The first-order valence-electron chi connectivity index (χ1n) is 7.77. The van der Waals surface area contributed by atoms with Crippen LogP contribution in [-0.4, -0.2) is 12.5 Å². The average Bonchev–Trinajstić information content (AvgIpc) is 2.59. The van der Waals surface area contributed by atoms with Crippen molar-refractivity contribution in [2.24, 2.45) is 0 Å². The molecule has 2 aromatic carbocycles. The van der Waals surface area contributed by atoms with Gasteiger partial charge in [0.1, 0.15) is 17.4 Å². The molecule has 0 aliphatic rings. The molecule has 2 rings (SSSR count). The molecular weight excluding hydrogens is 608 g/mol. The van der Waals surface area contributed by atoms with Crippen LogP contribution in [0.5, 0.6) is 5.75 Å². The first kappa shape index (κ1) is 22.2. The lowest BCUT2D eigenvalue weighted by Gasteiger charge is -2.11. The third kappa shape index (κ3) is 5.67. The lowest BCUT2D eigenvalue weighted by molar-refractivity contribution is -0.112. The second-order valence-electron chi connectivity index (χ2n) is 5.47. The lowest BCUT2D eigenvalue weighted by atomic mass is 10.1. The van der Waals surface area contributed by atoms with Crippen molar-refractivity contribution in [1.29, 1.82) is 5.26 Å². The molecule has 0 bridgehead atoms. The summed E-state index contributed by atoms with van der Waals surface area (Å²) in [6, 6.07) is 9.31. The number of halogens is 4. The lowest BCUT2D eigenvalue weighted by Crippen LogP contribution is -2.14. The summed E-state index contributed by atoms with van der Waals surface area (Å²) in [4.78, 5) is 12.6. The van der Waals surface area contributed by atoms with Crippen LogP contribution in [0.25, 0.3) is 6.08 Å². The molecule has 0 fully saturated rings. The van der Waals surface area contributed by atoms with Gasteiger partial charge in [-0.1, -0.05) is 0 Å². The summed E-state index contributed by atoms with van der Waals surface area (Å²) in [6.07, 6.45) is 1.52. The summed E-state index contributed by atoms with van der Waals surface area (Å²) >= 11 is 13.8.